The number of hydrogen-bond donors (Lipinski definition) is 2. The molecule has 2 aromatic rings. The quantitative estimate of drug-likeness (QED) is 0.819. The van der Waals surface area contributed by atoms with Gasteiger partial charge in [-0.3, -0.25) is 9.59 Å². The van der Waals surface area contributed by atoms with Crippen molar-refractivity contribution in [3.05, 3.63) is 59.2 Å². The molecule has 0 aliphatic heterocycles. The Morgan fingerprint density at radius 3 is 2.28 bits per heavy atom. The topological polar surface area (TPSA) is 84.5 Å². The molecule has 6 heteroatoms. The molecule has 2 amide bonds. The van der Waals surface area contributed by atoms with Gasteiger partial charge in [0.15, 0.2) is 6.61 Å². The van der Waals surface area contributed by atoms with Crippen LogP contribution in [-0.2, 0) is 14.3 Å². The lowest BCUT2D eigenvalue weighted by Crippen LogP contribution is -2.21. The smallest absolute Gasteiger partial charge is 0.338 e. The van der Waals surface area contributed by atoms with Gasteiger partial charge in [-0.1, -0.05) is 23.8 Å². The van der Waals surface area contributed by atoms with Crippen LogP contribution in [0.2, 0.25) is 0 Å². The number of nitrogens with one attached hydrogen (secondary N) is 2. The van der Waals surface area contributed by atoms with Crippen molar-refractivity contribution in [1.82, 2.24) is 0 Å². The van der Waals surface area contributed by atoms with Crippen molar-refractivity contribution in [3.8, 4) is 0 Å². The molecule has 0 saturated carbocycles. The van der Waals surface area contributed by atoms with Crippen LogP contribution in [0.3, 0.4) is 0 Å². The Balaban J connectivity index is 1.94. The summed E-state index contributed by atoms with van der Waals surface area (Å²) in [6.45, 7) is 4.76. The molecule has 0 aliphatic rings. The Bertz CT molecular complexity index is 798. The minimum Gasteiger partial charge on any atom is -0.452 e. The summed E-state index contributed by atoms with van der Waals surface area (Å²) in [7, 11) is 0. The van der Waals surface area contributed by atoms with Crippen LogP contribution in [0.5, 0.6) is 0 Å². The van der Waals surface area contributed by atoms with Crippen LogP contribution in [0.25, 0.3) is 0 Å². The van der Waals surface area contributed by atoms with Crippen LogP contribution in [0.4, 0.5) is 11.4 Å². The molecule has 0 fully saturated rings. The fourth-order valence-corrected chi connectivity index (χ4v) is 2.12. The second-order valence-corrected chi connectivity index (χ2v) is 5.70. The van der Waals surface area contributed by atoms with Gasteiger partial charge in [0, 0.05) is 18.3 Å². The van der Waals surface area contributed by atoms with Gasteiger partial charge in [0.25, 0.3) is 5.91 Å². The van der Waals surface area contributed by atoms with Crippen LogP contribution in [0.15, 0.2) is 42.5 Å². The lowest BCUT2D eigenvalue weighted by atomic mass is 10.1. The molecule has 0 spiro atoms. The van der Waals surface area contributed by atoms with Gasteiger partial charge in [0.05, 0.1) is 5.56 Å². The van der Waals surface area contributed by atoms with Crippen molar-refractivity contribution < 1.29 is 19.1 Å². The summed E-state index contributed by atoms with van der Waals surface area (Å²) < 4.78 is 5.02. The fourth-order valence-electron chi connectivity index (χ4n) is 2.12. The monoisotopic (exact) mass is 340 g/mol. The van der Waals surface area contributed by atoms with Gasteiger partial charge in [-0.05, 0) is 43.7 Å². The maximum atomic E-state index is 12.1. The minimum atomic E-state index is -0.634. The van der Waals surface area contributed by atoms with Gasteiger partial charge < -0.3 is 15.4 Å². The second-order valence-electron chi connectivity index (χ2n) is 5.70. The Morgan fingerprint density at radius 1 is 0.960 bits per heavy atom. The molecule has 0 atom stereocenters. The first-order valence-electron chi connectivity index (χ1n) is 7.77. The highest BCUT2D eigenvalue weighted by molar-refractivity contribution is 5.97. The molecular weight excluding hydrogens is 320 g/mol. The van der Waals surface area contributed by atoms with Crippen molar-refractivity contribution in [2.24, 2.45) is 0 Å². The van der Waals surface area contributed by atoms with E-state index in [9.17, 15) is 14.4 Å². The molecule has 130 valence electrons. The molecular formula is C19H20N2O4. The summed E-state index contributed by atoms with van der Waals surface area (Å²) in [5.74, 6) is -1.29. The van der Waals surface area contributed by atoms with Crippen molar-refractivity contribution in [2.75, 3.05) is 17.2 Å². The summed E-state index contributed by atoms with van der Waals surface area (Å²) in [5, 5.41) is 5.29. The third kappa shape index (κ3) is 5.46. The number of rotatable bonds is 5. The lowest BCUT2D eigenvalue weighted by molar-refractivity contribution is -0.119. The van der Waals surface area contributed by atoms with Gasteiger partial charge in [-0.25, -0.2) is 4.79 Å². The first kappa shape index (κ1) is 18.2. The van der Waals surface area contributed by atoms with E-state index in [0.29, 0.717) is 11.4 Å². The normalized spacial score (nSPS) is 10.0. The van der Waals surface area contributed by atoms with E-state index < -0.39 is 18.5 Å². The molecule has 0 saturated heterocycles. The zero-order valence-corrected chi connectivity index (χ0v) is 14.4. The minimum absolute atomic E-state index is 0.230. The van der Waals surface area contributed by atoms with Crippen LogP contribution in [-0.4, -0.2) is 24.4 Å². The van der Waals surface area contributed by atoms with E-state index in [0.717, 1.165) is 11.1 Å². The highest BCUT2D eigenvalue weighted by atomic mass is 16.5. The number of anilines is 2. The van der Waals surface area contributed by atoms with Crippen molar-refractivity contribution >= 4 is 29.2 Å². The SMILES string of the molecule is CC(=O)Nc1cc(C(=O)OCC(=O)Nc2ccc(C)cc2)ccc1C. The molecule has 2 rings (SSSR count). The Hall–Kier alpha value is -3.15. The Labute approximate surface area is 146 Å². The number of benzene rings is 2. The number of amides is 2. The molecule has 2 aromatic carbocycles. The third-order valence-electron chi connectivity index (χ3n) is 3.45. The molecule has 6 nitrogen and oxygen atoms in total. The van der Waals surface area contributed by atoms with Crippen molar-refractivity contribution in [3.63, 3.8) is 0 Å². The summed E-state index contributed by atoms with van der Waals surface area (Å²) in [5.41, 5.74) is 3.33. The fraction of sp³-hybridized carbons (Fsp3) is 0.211. The van der Waals surface area contributed by atoms with E-state index >= 15 is 0 Å². The molecule has 0 heterocycles. The predicted octanol–water partition coefficient (Wildman–Crippen LogP) is 3.06. The molecule has 0 bridgehead atoms. The summed E-state index contributed by atoms with van der Waals surface area (Å²) in [4.78, 5) is 35.1. The van der Waals surface area contributed by atoms with Gasteiger partial charge in [-0.15, -0.1) is 0 Å². The highest BCUT2D eigenvalue weighted by Crippen LogP contribution is 2.17. The highest BCUT2D eigenvalue weighted by Gasteiger charge is 2.12. The number of hydrogen-bond acceptors (Lipinski definition) is 4. The zero-order chi connectivity index (χ0) is 18.4. The molecule has 25 heavy (non-hydrogen) atoms. The Kier molecular flexibility index (Phi) is 5.89. The summed E-state index contributed by atoms with van der Waals surface area (Å²) in [6, 6.07) is 12.1. The first-order valence-corrected chi connectivity index (χ1v) is 7.77. The maximum Gasteiger partial charge on any atom is 0.338 e. The summed E-state index contributed by atoms with van der Waals surface area (Å²) in [6.07, 6.45) is 0. The number of esters is 1. The van der Waals surface area contributed by atoms with Gasteiger partial charge >= 0.3 is 5.97 Å². The van der Waals surface area contributed by atoms with Crippen LogP contribution >= 0.6 is 0 Å². The van der Waals surface area contributed by atoms with E-state index in [1.807, 2.05) is 26.0 Å². The summed E-state index contributed by atoms with van der Waals surface area (Å²) >= 11 is 0. The van der Waals surface area contributed by atoms with Crippen LogP contribution in [0, 0.1) is 13.8 Å². The van der Waals surface area contributed by atoms with Crippen molar-refractivity contribution in [1.29, 1.82) is 0 Å². The van der Waals surface area contributed by atoms with E-state index in [1.54, 1.807) is 24.3 Å². The van der Waals surface area contributed by atoms with E-state index in [-0.39, 0.29) is 11.5 Å². The second kappa shape index (κ2) is 8.10. The third-order valence-corrected chi connectivity index (χ3v) is 3.45. The standard InChI is InChI=1S/C19H20N2O4/c1-12-4-8-16(9-5-12)21-18(23)11-25-19(24)15-7-6-13(2)17(10-15)20-14(3)22/h4-10H,11H2,1-3H3,(H,20,22)(H,21,23). The van der Waals surface area contributed by atoms with E-state index in [2.05, 4.69) is 10.6 Å². The number of aryl methyl sites for hydroxylation is 2. The first-order chi connectivity index (χ1) is 11.8. The average Bonchev–Trinajstić information content (AvgIpc) is 2.56. The Morgan fingerprint density at radius 2 is 1.64 bits per heavy atom. The number of ether oxygens (including phenoxy) is 1. The molecule has 0 aromatic heterocycles. The van der Waals surface area contributed by atoms with Crippen LogP contribution in [0.1, 0.15) is 28.4 Å². The molecule has 0 unspecified atom stereocenters. The molecule has 2 N–H and O–H groups in total. The number of carbonyl (C=O) groups excluding carboxylic acids is 3. The van der Waals surface area contributed by atoms with Crippen molar-refractivity contribution in [2.45, 2.75) is 20.8 Å². The zero-order valence-electron chi connectivity index (χ0n) is 14.4. The molecule has 0 radical (unpaired) electrons. The average molecular weight is 340 g/mol. The molecule has 0 aliphatic carbocycles. The predicted molar refractivity (Wildman–Crippen MR) is 95.6 cm³/mol. The van der Waals surface area contributed by atoms with Gasteiger partial charge in [0.1, 0.15) is 0 Å². The number of carbonyl (C=O) groups is 3. The largest absolute Gasteiger partial charge is 0.452 e. The van der Waals surface area contributed by atoms with E-state index in [4.69, 9.17) is 4.74 Å². The van der Waals surface area contributed by atoms with E-state index in [1.165, 1.54) is 13.0 Å². The maximum absolute atomic E-state index is 12.1. The van der Waals surface area contributed by atoms with Gasteiger partial charge in [-0.2, -0.15) is 0 Å². The van der Waals surface area contributed by atoms with Crippen LogP contribution < -0.4 is 10.6 Å². The van der Waals surface area contributed by atoms with Gasteiger partial charge in [0.2, 0.25) is 5.91 Å². The lowest BCUT2D eigenvalue weighted by Gasteiger charge is -2.10.